The van der Waals surface area contributed by atoms with Crippen molar-refractivity contribution in [3.8, 4) is 0 Å². The van der Waals surface area contributed by atoms with Crippen LogP contribution in [-0.4, -0.2) is 26.7 Å². The van der Waals surface area contributed by atoms with E-state index in [4.69, 9.17) is 0 Å². The zero-order valence-electron chi connectivity index (χ0n) is 10.1. The van der Waals surface area contributed by atoms with Crippen LogP contribution in [0, 0.1) is 0 Å². The van der Waals surface area contributed by atoms with E-state index in [2.05, 4.69) is 5.32 Å². The minimum Gasteiger partial charge on any atom is -0.308 e. The topological polar surface area (TPSA) is 56.0 Å². The number of hydrogen-bond donors (Lipinski definition) is 1. The van der Waals surface area contributed by atoms with Crippen molar-refractivity contribution >= 4 is 11.8 Å². The van der Waals surface area contributed by atoms with Gasteiger partial charge in [0.1, 0.15) is 0 Å². The number of nitrogens with one attached hydrogen (secondary N) is 1. The van der Waals surface area contributed by atoms with Gasteiger partial charge in [0.15, 0.2) is 0 Å². The molecule has 1 saturated heterocycles. The van der Waals surface area contributed by atoms with Crippen LogP contribution in [0.3, 0.4) is 0 Å². The first-order valence-electron chi connectivity index (χ1n) is 5.66. The smallest absolute Gasteiger partial charge is 0.308 e. The molecule has 0 spiro atoms. The molecule has 2 rings (SSSR count). The molecule has 0 bridgehead atoms. The van der Waals surface area contributed by atoms with Gasteiger partial charge < -0.3 is 5.32 Å². The molecule has 6 heteroatoms. The molecule has 2 heterocycles. The first-order valence-corrected chi connectivity index (χ1v) is 6.82. The van der Waals surface area contributed by atoms with Gasteiger partial charge >= 0.3 is 5.69 Å². The number of nitrogens with zero attached hydrogens (tertiary/aromatic N) is 2. The van der Waals surface area contributed by atoms with E-state index in [1.54, 1.807) is 7.05 Å². The van der Waals surface area contributed by atoms with Gasteiger partial charge in [-0.15, -0.1) is 0 Å². The van der Waals surface area contributed by atoms with Crippen molar-refractivity contribution in [3.05, 3.63) is 32.6 Å². The van der Waals surface area contributed by atoms with Crippen LogP contribution in [0.1, 0.15) is 12.1 Å². The van der Waals surface area contributed by atoms with Crippen LogP contribution < -0.4 is 16.6 Å². The summed E-state index contributed by atoms with van der Waals surface area (Å²) in [5, 5.41) is 3.38. The van der Waals surface area contributed by atoms with Gasteiger partial charge in [0.2, 0.25) is 0 Å². The molecule has 5 nitrogen and oxygen atoms in total. The van der Waals surface area contributed by atoms with Crippen LogP contribution in [-0.2, 0) is 20.6 Å². The second-order valence-electron chi connectivity index (χ2n) is 4.32. The average molecular weight is 255 g/mol. The Morgan fingerprint density at radius 2 is 2.18 bits per heavy atom. The highest BCUT2D eigenvalue weighted by atomic mass is 32.2. The first-order chi connectivity index (χ1) is 8.09. The van der Waals surface area contributed by atoms with Crippen molar-refractivity contribution in [3.63, 3.8) is 0 Å². The summed E-state index contributed by atoms with van der Waals surface area (Å²) in [6.07, 6.45) is 1.16. The summed E-state index contributed by atoms with van der Waals surface area (Å²) in [5.41, 5.74) is 0.232. The van der Waals surface area contributed by atoms with Crippen LogP contribution in [0.4, 0.5) is 0 Å². The van der Waals surface area contributed by atoms with E-state index in [1.807, 2.05) is 11.8 Å². The van der Waals surface area contributed by atoms with Gasteiger partial charge in [0, 0.05) is 44.2 Å². The molecule has 1 aromatic rings. The Bertz CT molecular complexity index is 514. The van der Waals surface area contributed by atoms with E-state index in [0.717, 1.165) is 22.4 Å². The van der Waals surface area contributed by atoms with Crippen molar-refractivity contribution in [1.82, 2.24) is 14.5 Å². The summed E-state index contributed by atoms with van der Waals surface area (Å²) in [7, 11) is 3.19. The largest absolute Gasteiger partial charge is 0.330 e. The van der Waals surface area contributed by atoms with Gasteiger partial charge in [-0.1, -0.05) is 0 Å². The number of thioether (sulfide) groups is 1. The van der Waals surface area contributed by atoms with E-state index in [0.29, 0.717) is 12.6 Å². The lowest BCUT2D eigenvalue weighted by Gasteiger charge is -2.13. The van der Waals surface area contributed by atoms with Gasteiger partial charge in [-0.25, -0.2) is 4.79 Å². The summed E-state index contributed by atoms with van der Waals surface area (Å²) in [5.74, 6) is 2.30. The van der Waals surface area contributed by atoms with Crippen LogP contribution in [0.15, 0.2) is 15.7 Å². The SMILES string of the molecule is Cn1c(CNC2CCSC2)cc(=O)n(C)c1=O. The van der Waals surface area contributed by atoms with Crippen molar-refractivity contribution < 1.29 is 0 Å². The summed E-state index contributed by atoms with van der Waals surface area (Å²) in [6, 6.07) is 2.02. The molecule has 1 aromatic heterocycles. The van der Waals surface area contributed by atoms with Gasteiger partial charge in [0.25, 0.3) is 5.56 Å². The first kappa shape index (κ1) is 12.4. The quantitative estimate of drug-likeness (QED) is 0.804. The maximum atomic E-state index is 11.7. The van der Waals surface area contributed by atoms with Gasteiger partial charge in [-0.2, -0.15) is 11.8 Å². The second-order valence-corrected chi connectivity index (χ2v) is 5.47. The maximum Gasteiger partial charge on any atom is 0.330 e. The van der Waals surface area contributed by atoms with Crippen LogP contribution in [0.5, 0.6) is 0 Å². The summed E-state index contributed by atoms with van der Waals surface area (Å²) in [4.78, 5) is 23.2. The molecule has 1 atom stereocenters. The van der Waals surface area contributed by atoms with Gasteiger partial charge in [-0.05, 0) is 12.2 Å². The highest BCUT2D eigenvalue weighted by Gasteiger charge is 2.15. The Morgan fingerprint density at radius 1 is 1.41 bits per heavy atom. The summed E-state index contributed by atoms with van der Waals surface area (Å²) < 4.78 is 2.64. The molecule has 17 heavy (non-hydrogen) atoms. The zero-order chi connectivity index (χ0) is 12.4. The van der Waals surface area contributed by atoms with E-state index in [-0.39, 0.29) is 11.2 Å². The monoisotopic (exact) mass is 255 g/mol. The third kappa shape index (κ3) is 2.63. The summed E-state index contributed by atoms with van der Waals surface area (Å²) >= 11 is 1.93. The normalized spacial score (nSPS) is 19.8. The van der Waals surface area contributed by atoms with Crippen molar-refractivity contribution in [2.75, 3.05) is 11.5 Å². The van der Waals surface area contributed by atoms with E-state index in [9.17, 15) is 9.59 Å². The van der Waals surface area contributed by atoms with Crippen molar-refractivity contribution in [1.29, 1.82) is 0 Å². The van der Waals surface area contributed by atoms with Crippen LogP contribution in [0.25, 0.3) is 0 Å². The average Bonchev–Trinajstić information content (AvgIpc) is 2.82. The molecule has 1 aliphatic heterocycles. The Hall–Kier alpha value is -1.01. The lowest BCUT2D eigenvalue weighted by molar-refractivity contribution is 0.529. The lowest BCUT2D eigenvalue weighted by Crippen LogP contribution is -2.40. The molecule has 1 aliphatic rings. The molecule has 0 aromatic carbocycles. The Labute approximate surface area is 104 Å². The van der Waals surface area contributed by atoms with Gasteiger partial charge in [-0.3, -0.25) is 13.9 Å². The highest BCUT2D eigenvalue weighted by Crippen LogP contribution is 2.17. The zero-order valence-corrected chi connectivity index (χ0v) is 10.9. The summed E-state index contributed by atoms with van der Waals surface area (Å²) in [6.45, 7) is 0.576. The minimum atomic E-state index is -0.268. The Balaban J connectivity index is 2.15. The molecule has 0 saturated carbocycles. The molecule has 0 aliphatic carbocycles. The van der Waals surface area contributed by atoms with E-state index < -0.39 is 0 Å². The standard InChI is InChI=1S/C11H17N3O2S/c1-13-9(5-10(15)14(2)11(13)16)6-12-8-3-4-17-7-8/h5,8,12H,3-4,6-7H2,1-2H3. The fraction of sp³-hybridized carbons (Fsp3) is 0.636. The Morgan fingerprint density at radius 3 is 2.82 bits per heavy atom. The third-order valence-corrected chi connectivity index (χ3v) is 4.29. The molecular formula is C11H17N3O2S. The van der Waals surface area contributed by atoms with Crippen molar-refractivity contribution in [2.45, 2.75) is 19.0 Å². The van der Waals surface area contributed by atoms with Crippen LogP contribution >= 0.6 is 11.8 Å². The molecule has 94 valence electrons. The maximum absolute atomic E-state index is 11.7. The van der Waals surface area contributed by atoms with E-state index in [1.165, 1.54) is 23.4 Å². The highest BCUT2D eigenvalue weighted by molar-refractivity contribution is 7.99. The third-order valence-electron chi connectivity index (χ3n) is 3.13. The molecule has 0 amide bonds. The van der Waals surface area contributed by atoms with Crippen LogP contribution in [0.2, 0.25) is 0 Å². The van der Waals surface area contributed by atoms with E-state index >= 15 is 0 Å². The van der Waals surface area contributed by atoms with Gasteiger partial charge in [0.05, 0.1) is 0 Å². The lowest BCUT2D eigenvalue weighted by atomic mass is 10.2. The fourth-order valence-electron chi connectivity index (χ4n) is 1.89. The minimum absolute atomic E-state index is 0.245. The number of hydrogen-bond acceptors (Lipinski definition) is 4. The molecule has 1 fully saturated rings. The predicted octanol–water partition coefficient (Wildman–Crippen LogP) is -0.321. The molecule has 1 unspecified atom stereocenters. The molecule has 1 N–H and O–H groups in total. The molecular weight excluding hydrogens is 238 g/mol. The predicted molar refractivity (Wildman–Crippen MR) is 69.5 cm³/mol. The second kappa shape index (κ2) is 5.10. The number of rotatable bonds is 3. The number of aromatic nitrogens is 2. The fourth-order valence-corrected chi connectivity index (χ4v) is 3.08. The van der Waals surface area contributed by atoms with Crippen molar-refractivity contribution in [2.24, 2.45) is 14.1 Å². The molecule has 0 radical (unpaired) electrons. The Kier molecular flexibility index (Phi) is 3.73.